The summed E-state index contributed by atoms with van der Waals surface area (Å²) in [5.41, 5.74) is 4.18. The van der Waals surface area contributed by atoms with Crippen LogP contribution in [0.1, 0.15) is 28.9 Å². The van der Waals surface area contributed by atoms with Gasteiger partial charge in [-0.25, -0.2) is 4.98 Å². The van der Waals surface area contributed by atoms with Crippen molar-refractivity contribution in [1.29, 1.82) is 0 Å². The Morgan fingerprint density at radius 3 is 2.46 bits per heavy atom. The number of pyridine rings is 1. The quantitative estimate of drug-likeness (QED) is 0.738. The molecule has 0 unspecified atom stereocenters. The second-order valence-corrected chi connectivity index (χ2v) is 7.07. The summed E-state index contributed by atoms with van der Waals surface area (Å²) in [7, 11) is 0. The summed E-state index contributed by atoms with van der Waals surface area (Å²) in [5.74, 6) is 2.94. The van der Waals surface area contributed by atoms with Gasteiger partial charge in [-0.15, -0.1) is 0 Å². The number of H-pyrrole nitrogens is 1. The number of aryl methyl sites for hydroxylation is 1. The van der Waals surface area contributed by atoms with Crippen LogP contribution >= 0.6 is 0 Å². The number of benzene rings is 2. The standard InChI is InChI=1S/C21H16N2O5/c24-15-3-1-2-13-20(15)21(22-11-4-5-16-17(6-11)26-9-25-16)12-7-18-19(28-10-27-18)8-14(12)23-13/h4-8H,1-3,9-10H2,(H,22,23)/p+1. The van der Waals surface area contributed by atoms with Crippen LogP contribution in [0, 0.1) is 0 Å². The van der Waals surface area contributed by atoms with Crippen LogP contribution in [0.2, 0.25) is 0 Å². The number of carbonyl (C=O) groups is 1. The molecule has 2 aliphatic heterocycles. The van der Waals surface area contributed by atoms with E-state index in [1.54, 1.807) is 0 Å². The summed E-state index contributed by atoms with van der Waals surface area (Å²) in [4.78, 5) is 16.2. The summed E-state index contributed by atoms with van der Waals surface area (Å²) < 4.78 is 22.0. The Morgan fingerprint density at radius 1 is 0.857 bits per heavy atom. The van der Waals surface area contributed by atoms with Gasteiger partial charge < -0.3 is 24.3 Å². The van der Waals surface area contributed by atoms with E-state index in [0.717, 1.165) is 52.1 Å². The fourth-order valence-corrected chi connectivity index (χ4v) is 4.06. The molecule has 7 heteroatoms. The Balaban J connectivity index is 1.56. The minimum atomic E-state index is 0.139. The van der Waals surface area contributed by atoms with Gasteiger partial charge in [-0.1, -0.05) is 0 Å². The fraction of sp³-hybridized carbons (Fsp3) is 0.238. The molecular weight excluding hydrogens is 360 g/mol. The Hall–Kier alpha value is -3.48. The molecule has 2 N–H and O–H groups in total. The number of Topliss-reactive ketones (excluding diaryl/α,β-unsaturated/α-hetero) is 1. The van der Waals surface area contributed by atoms with E-state index in [1.807, 2.05) is 30.3 Å². The third kappa shape index (κ3) is 2.29. The van der Waals surface area contributed by atoms with Crippen molar-refractivity contribution in [3.05, 3.63) is 41.6 Å². The lowest BCUT2D eigenvalue weighted by molar-refractivity contribution is -0.358. The van der Waals surface area contributed by atoms with Crippen LogP contribution in [-0.2, 0) is 6.42 Å². The van der Waals surface area contributed by atoms with Gasteiger partial charge in [-0.05, 0) is 18.6 Å². The lowest BCUT2D eigenvalue weighted by Crippen LogP contribution is -2.24. The van der Waals surface area contributed by atoms with Gasteiger partial charge in [-0.3, -0.25) is 4.79 Å². The number of aromatic amines is 1. The van der Waals surface area contributed by atoms with Crippen LogP contribution < -0.4 is 29.2 Å². The first kappa shape index (κ1) is 15.6. The molecule has 0 saturated heterocycles. The predicted octanol–water partition coefficient (Wildman–Crippen LogP) is 3.37. The Kier molecular flexibility index (Phi) is 3.20. The zero-order chi connectivity index (χ0) is 18.7. The van der Waals surface area contributed by atoms with E-state index < -0.39 is 0 Å². The SMILES string of the molecule is O=C1CCCc2[nH+]c3cc4c(cc3c(Nc3ccc5c(c3)OCO5)c21)OCO4. The number of hydrogen-bond acceptors (Lipinski definition) is 6. The van der Waals surface area contributed by atoms with Crippen molar-refractivity contribution in [3.8, 4) is 23.0 Å². The molecule has 3 aliphatic rings. The first-order chi connectivity index (χ1) is 13.8. The Bertz CT molecular complexity index is 1160. The van der Waals surface area contributed by atoms with Crippen LogP contribution in [0.3, 0.4) is 0 Å². The van der Waals surface area contributed by atoms with Crippen LogP contribution in [0.15, 0.2) is 30.3 Å². The van der Waals surface area contributed by atoms with Gasteiger partial charge in [-0.2, -0.15) is 0 Å². The molecule has 0 saturated carbocycles. The predicted molar refractivity (Wildman–Crippen MR) is 99.7 cm³/mol. The van der Waals surface area contributed by atoms with E-state index in [1.165, 1.54) is 0 Å². The monoisotopic (exact) mass is 377 g/mol. The molecule has 0 spiro atoms. The minimum absolute atomic E-state index is 0.139. The van der Waals surface area contributed by atoms with E-state index in [0.29, 0.717) is 23.7 Å². The number of anilines is 2. The van der Waals surface area contributed by atoms with Crippen molar-refractivity contribution < 1.29 is 28.7 Å². The van der Waals surface area contributed by atoms with Crippen LogP contribution in [0.4, 0.5) is 11.4 Å². The van der Waals surface area contributed by atoms with E-state index in [4.69, 9.17) is 18.9 Å². The zero-order valence-electron chi connectivity index (χ0n) is 15.0. The topological polar surface area (TPSA) is 80.2 Å². The number of nitrogens with one attached hydrogen (secondary N) is 2. The number of aromatic nitrogens is 1. The summed E-state index contributed by atoms with van der Waals surface area (Å²) in [5, 5.41) is 4.34. The van der Waals surface area contributed by atoms with Crippen LogP contribution in [0.25, 0.3) is 10.9 Å². The summed E-state index contributed by atoms with van der Waals surface area (Å²) in [6.07, 6.45) is 2.23. The smallest absolute Gasteiger partial charge is 0.231 e. The summed E-state index contributed by atoms with van der Waals surface area (Å²) in [6.45, 7) is 0.425. The summed E-state index contributed by atoms with van der Waals surface area (Å²) in [6, 6.07) is 9.53. The van der Waals surface area contributed by atoms with Crippen LogP contribution in [0.5, 0.6) is 23.0 Å². The number of ketones is 1. The molecule has 1 aromatic heterocycles. The maximum atomic E-state index is 12.8. The Labute approximate surface area is 160 Å². The van der Waals surface area contributed by atoms with E-state index in [9.17, 15) is 4.79 Å². The van der Waals surface area contributed by atoms with Crippen molar-refractivity contribution in [2.24, 2.45) is 0 Å². The first-order valence-corrected chi connectivity index (χ1v) is 9.28. The van der Waals surface area contributed by atoms with Gasteiger partial charge in [0, 0.05) is 30.7 Å². The molecule has 140 valence electrons. The van der Waals surface area contributed by atoms with Gasteiger partial charge >= 0.3 is 0 Å². The number of carbonyl (C=O) groups excluding carboxylic acids is 1. The molecule has 7 nitrogen and oxygen atoms in total. The average molecular weight is 377 g/mol. The molecule has 3 aromatic rings. The van der Waals surface area contributed by atoms with Gasteiger partial charge in [0.15, 0.2) is 34.5 Å². The van der Waals surface area contributed by atoms with Crippen molar-refractivity contribution in [2.75, 3.05) is 18.9 Å². The highest BCUT2D eigenvalue weighted by molar-refractivity contribution is 6.10. The highest BCUT2D eigenvalue weighted by atomic mass is 16.7. The van der Waals surface area contributed by atoms with E-state index >= 15 is 0 Å². The molecule has 28 heavy (non-hydrogen) atoms. The van der Waals surface area contributed by atoms with Crippen molar-refractivity contribution >= 4 is 28.1 Å². The number of ether oxygens (including phenoxy) is 4. The second-order valence-electron chi connectivity index (χ2n) is 7.07. The van der Waals surface area contributed by atoms with Crippen molar-refractivity contribution in [3.63, 3.8) is 0 Å². The number of fused-ring (bicyclic) bond motifs is 4. The van der Waals surface area contributed by atoms with E-state index in [2.05, 4.69) is 10.3 Å². The largest absolute Gasteiger partial charge is 0.454 e. The fourth-order valence-electron chi connectivity index (χ4n) is 4.06. The second kappa shape index (κ2) is 5.76. The maximum absolute atomic E-state index is 12.8. The molecule has 2 aromatic carbocycles. The third-order valence-electron chi connectivity index (χ3n) is 5.37. The first-order valence-electron chi connectivity index (χ1n) is 9.28. The van der Waals surface area contributed by atoms with Gasteiger partial charge in [0.05, 0.1) is 17.1 Å². The average Bonchev–Trinajstić information content (AvgIpc) is 3.34. The van der Waals surface area contributed by atoms with Crippen molar-refractivity contribution in [1.82, 2.24) is 0 Å². The van der Waals surface area contributed by atoms with Gasteiger partial charge in [0.25, 0.3) is 0 Å². The van der Waals surface area contributed by atoms with Crippen molar-refractivity contribution in [2.45, 2.75) is 19.3 Å². The third-order valence-corrected chi connectivity index (χ3v) is 5.37. The molecule has 0 atom stereocenters. The summed E-state index contributed by atoms with van der Waals surface area (Å²) >= 11 is 0. The number of hydrogen-bond donors (Lipinski definition) is 1. The van der Waals surface area contributed by atoms with Gasteiger partial charge in [0.1, 0.15) is 5.56 Å². The molecular formula is C21H17N2O5+. The molecule has 0 radical (unpaired) electrons. The maximum Gasteiger partial charge on any atom is 0.231 e. The highest BCUT2D eigenvalue weighted by Gasteiger charge is 2.31. The lowest BCUT2D eigenvalue weighted by atomic mass is 9.91. The van der Waals surface area contributed by atoms with Gasteiger partial charge in [0.2, 0.25) is 19.1 Å². The molecule has 0 amide bonds. The minimum Gasteiger partial charge on any atom is -0.454 e. The molecule has 0 bridgehead atoms. The highest BCUT2D eigenvalue weighted by Crippen LogP contribution is 2.42. The zero-order valence-corrected chi connectivity index (χ0v) is 15.0. The molecule has 1 aliphatic carbocycles. The normalized spacial score (nSPS) is 16.4. The lowest BCUT2D eigenvalue weighted by Gasteiger charge is -2.17. The van der Waals surface area contributed by atoms with Crippen LogP contribution in [-0.4, -0.2) is 19.4 Å². The molecule has 3 heterocycles. The Morgan fingerprint density at radius 2 is 1.61 bits per heavy atom. The number of rotatable bonds is 2. The molecule has 6 rings (SSSR count). The molecule has 0 fully saturated rings. The van der Waals surface area contributed by atoms with E-state index in [-0.39, 0.29) is 19.4 Å².